The van der Waals surface area contributed by atoms with Gasteiger partial charge in [0.05, 0.1) is 9.83 Å². The first-order chi connectivity index (χ1) is 10.5. The molecule has 1 fully saturated rings. The van der Waals surface area contributed by atoms with Gasteiger partial charge in [0, 0.05) is 11.4 Å². The van der Waals surface area contributed by atoms with E-state index in [9.17, 15) is 8.42 Å². The van der Waals surface area contributed by atoms with Crippen LogP contribution in [0.15, 0.2) is 31.6 Å². The van der Waals surface area contributed by atoms with Gasteiger partial charge in [-0.15, -0.1) is 22.7 Å². The quantitative estimate of drug-likeness (QED) is 0.686. The topological polar surface area (TPSA) is 37.4 Å². The molecule has 1 unspecified atom stereocenters. The maximum absolute atomic E-state index is 13.1. The summed E-state index contributed by atoms with van der Waals surface area (Å²) < 4.78 is 29.2. The monoisotopic (exact) mass is 419 g/mol. The van der Waals surface area contributed by atoms with Crippen LogP contribution in [0.5, 0.6) is 0 Å². The van der Waals surface area contributed by atoms with Crippen LogP contribution in [0.25, 0.3) is 0 Å². The molecule has 2 aromatic rings. The van der Waals surface area contributed by atoms with Crippen LogP contribution in [-0.2, 0) is 10.0 Å². The summed E-state index contributed by atoms with van der Waals surface area (Å²) in [6, 6.07) is 5.57. The minimum absolute atomic E-state index is 0.0200. The maximum atomic E-state index is 13.1. The molecule has 0 aromatic carbocycles. The number of sulfonamides is 1. The van der Waals surface area contributed by atoms with Gasteiger partial charge in [0.2, 0.25) is 0 Å². The second-order valence-electron chi connectivity index (χ2n) is 5.51. The molecule has 3 heterocycles. The zero-order valence-corrected chi connectivity index (χ0v) is 16.3. The van der Waals surface area contributed by atoms with Crippen molar-refractivity contribution < 1.29 is 8.42 Å². The summed E-state index contributed by atoms with van der Waals surface area (Å²) in [5.74, 6) is 0. The lowest BCUT2D eigenvalue weighted by molar-refractivity contribution is 0.333. The number of rotatable bonds is 3. The van der Waals surface area contributed by atoms with Crippen molar-refractivity contribution in [1.82, 2.24) is 4.31 Å². The molecule has 120 valence electrons. The molecule has 7 heteroatoms. The smallest absolute Gasteiger partial charge is 0.206 e. The van der Waals surface area contributed by atoms with Gasteiger partial charge in [0.15, 0.2) is 0 Å². The molecule has 0 saturated carbocycles. The number of halogens is 1. The van der Waals surface area contributed by atoms with Gasteiger partial charge in [0.1, 0.15) is 4.21 Å². The predicted molar refractivity (Wildman–Crippen MR) is 96.2 cm³/mol. The van der Waals surface area contributed by atoms with E-state index in [0.717, 1.165) is 29.5 Å². The number of nitrogens with zero attached hydrogens (tertiary/aromatic N) is 1. The van der Waals surface area contributed by atoms with Gasteiger partial charge in [-0.3, -0.25) is 0 Å². The highest BCUT2D eigenvalue weighted by Crippen LogP contribution is 2.40. The van der Waals surface area contributed by atoms with Gasteiger partial charge in [-0.05, 0) is 64.8 Å². The number of thiophene rings is 2. The number of hydrogen-bond acceptors (Lipinski definition) is 4. The highest BCUT2D eigenvalue weighted by molar-refractivity contribution is 9.11. The fraction of sp³-hybridized carbons (Fsp3) is 0.467. The fourth-order valence-electron chi connectivity index (χ4n) is 2.91. The zero-order chi connectivity index (χ0) is 15.7. The van der Waals surface area contributed by atoms with Crippen molar-refractivity contribution >= 4 is 48.6 Å². The van der Waals surface area contributed by atoms with Crippen LogP contribution in [0.1, 0.15) is 42.2 Å². The fourth-order valence-corrected chi connectivity index (χ4v) is 7.86. The van der Waals surface area contributed by atoms with E-state index < -0.39 is 10.0 Å². The van der Waals surface area contributed by atoms with Crippen LogP contribution in [-0.4, -0.2) is 19.3 Å². The SMILES string of the molecule is Cc1ccsc1C1CCCCCN1S(=O)(=O)c1ccc(Br)s1. The third-order valence-electron chi connectivity index (χ3n) is 4.02. The minimum atomic E-state index is -3.43. The number of aryl methyl sites for hydroxylation is 1. The van der Waals surface area contributed by atoms with E-state index in [-0.39, 0.29) is 6.04 Å². The lowest BCUT2D eigenvalue weighted by Crippen LogP contribution is -2.34. The summed E-state index contributed by atoms with van der Waals surface area (Å²) >= 11 is 6.33. The number of hydrogen-bond donors (Lipinski definition) is 0. The van der Waals surface area contributed by atoms with Gasteiger partial charge >= 0.3 is 0 Å². The highest BCUT2D eigenvalue weighted by Gasteiger charge is 2.35. The normalized spacial score (nSPS) is 20.9. The standard InChI is InChI=1S/C15H18BrNO2S3/c1-11-8-10-20-15(11)12-5-3-2-4-9-17(12)22(18,19)14-7-6-13(16)21-14/h6-8,10,12H,2-5,9H2,1H3. The Morgan fingerprint density at radius 1 is 1.23 bits per heavy atom. The molecule has 3 nitrogen and oxygen atoms in total. The van der Waals surface area contributed by atoms with Crippen LogP contribution in [0.2, 0.25) is 0 Å². The summed E-state index contributed by atoms with van der Waals surface area (Å²) in [5, 5.41) is 2.06. The largest absolute Gasteiger partial charge is 0.253 e. The Morgan fingerprint density at radius 2 is 2.05 bits per heavy atom. The molecule has 0 aliphatic carbocycles. The van der Waals surface area contributed by atoms with Gasteiger partial charge in [-0.25, -0.2) is 8.42 Å². The molecule has 0 spiro atoms. The van der Waals surface area contributed by atoms with Crippen molar-refractivity contribution in [2.75, 3.05) is 6.54 Å². The van der Waals surface area contributed by atoms with E-state index in [1.54, 1.807) is 27.8 Å². The molecular weight excluding hydrogens is 402 g/mol. The Hall–Kier alpha value is -0.210. The predicted octanol–water partition coefficient (Wildman–Crippen LogP) is 5.19. The van der Waals surface area contributed by atoms with Gasteiger partial charge in [0.25, 0.3) is 10.0 Å². The average Bonchev–Trinajstić information content (AvgIpc) is 3.01. The van der Waals surface area contributed by atoms with Gasteiger partial charge < -0.3 is 0 Å². The summed E-state index contributed by atoms with van der Waals surface area (Å²) in [6.07, 6.45) is 4.03. The van der Waals surface area contributed by atoms with Gasteiger partial charge in [-0.2, -0.15) is 4.31 Å². The van der Waals surface area contributed by atoms with Crippen molar-refractivity contribution in [3.05, 3.63) is 37.8 Å². The third kappa shape index (κ3) is 3.19. The average molecular weight is 420 g/mol. The molecule has 0 bridgehead atoms. The molecule has 0 radical (unpaired) electrons. The van der Waals surface area contributed by atoms with Gasteiger partial charge in [-0.1, -0.05) is 12.8 Å². The molecular formula is C15H18BrNO2S3. The maximum Gasteiger partial charge on any atom is 0.253 e. The van der Waals surface area contributed by atoms with E-state index in [1.807, 2.05) is 0 Å². The van der Waals surface area contributed by atoms with Crippen molar-refractivity contribution in [3.8, 4) is 0 Å². The molecule has 1 atom stereocenters. The summed E-state index contributed by atoms with van der Waals surface area (Å²) in [5.41, 5.74) is 1.20. The van der Waals surface area contributed by atoms with Crippen molar-refractivity contribution in [2.24, 2.45) is 0 Å². The summed E-state index contributed by atoms with van der Waals surface area (Å²) in [6.45, 7) is 2.68. The minimum Gasteiger partial charge on any atom is -0.206 e. The Morgan fingerprint density at radius 3 is 2.68 bits per heavy atom. The van der Waals surface area contributed by atoms with Crippen LogP contribution in [0.4, 0.5) is 0 Å². The lowest BCUT2D eigenvalue weighted by Gasteiger charge is -2.28. The highest BCUT2D eigenvalue weighted by atomic mass is 79.9. The zero-order valence-electron chi connectivity index (χ0n) is 12.3. The Kier molecular flexibility index (Phi) is 5.09. The molecule has 3 rings (SSSR count). The first-order valence-corrected chi connectivity index (χ1v) is 11.2. The molecule has 0 amide bonds. The molecule has 1 saturated heterocycles. The second kappa shape index (κ2) is 6.73. The molecule has 1 aliphatic rings. The van der Waals surface area contributed by atoms with Crippen LogP contribution in [0, 0.1) is 6.92 Å². The van der Waals surface area contributed by atoms with Crippen LogP contribution in [0.3, 0.4) is 0 Å². The molecule has 22 heavy (non-hydrogen) atoms. The molecule has 2 aromatic heterocycles. The molecule has 0 N–H and O–H groups in total. The Balaban J connectivity index is 2.02. The van der Waals surface area contributed by atoms with Crippen LogP contribution >= 0.6 is 38.6 Å². The van der Waals surface area contributed by atoms with E-state index in [4.69, 9.17) is 0 Å². The Bertz CT molecular complexity index is 750. The van der Waals surface area contributed by atoms with Crippen molar-refractivity contribution in [3.63, 3.8) is 0 Å². The summed E-state index contributed by atoms with van der Waals surface area (Å²) in [7, 11) is -3.43. The lowest BCUT2D eigenvalue weighted by atomic mass is 10.1. The first kappa shape index (κ1) is 16.6. The van der Waals surface area contributed by atoms with E-state index in [0.29, 0.717) is 10.8 Å². The third-order valence-corrected chi connectivity index (χ3v) is 9.14. The van der Waals surface area contributed by atoms with E-state index in [2.05, 4.69) is 34.3 Å². The molecule has 1 aliphatic heterocycles. The first-order valence-electron chi connectivity index (χ1n) is 7.31. The summed E-state index contributed by atoms with van der Waals surface area (Å²) in [4.78, 5) is 1.20. The second-order valence-corrected chi connectivity index (χ2v) is 11.0. The van der Waals surface area contributed by atoms with Crippen LogP contribution < -0.4 is 0 Å². The van der Waals surface area contributed by atoms with E-state index >= 15 is 0 Å². The van der Waals surface area contributed by atoms with Crippen molar-refractivity contribution in [2.45, 2.75) is 42.9 Å². The Labute approximate surface area is 148 Å². The van der Waals surface area contributed by atoms with E-state index in [1.165, 1.54) is 21.8 Å². The van der Waals surface area contributed by atoms with Crippen molar-refractivity contribution in [1.29, 1.82) is 0 Å².